The third-order valence-corrected chi connectivity index (χ3v) is 4.08. The molecular weight excluding hydrogens is 278 g/mol. The molecule has 0 radical (unpaired) electrons. The smallest absolute Gasteiger partial charge is 0.248 e. The number of hydrogen-bond donors (Lipinski definition) is 3. The highest BCUT2D eigenvalue weighted by atomic mass is 35.5. The second-order valence-electron chi connectivity index (χ2n) is 5.32. The minimum absolute atomic E-state index is 0.0810. The fourth-order valence-electron chi connectivity index (χ4n) is 2.25. The van der Waals surface area contributed by atoms with E-state index in [0.29, 0.717) is 16.3 Å². The van der Waals surface area contributed by atoms with Crippen LogP contribution in [-0.4, -0.2) is 24.9 Å². The summed E-state index contributed by atoms with van der Waals surface area (Å²) in [6, 6.07) is 4.60. The van der Waals surface area contributed by atoms with E-state index < -0.39 is 11.3 Å². The van der Waals surface area contributed by atoms with Crippen LogP contribution >= 0.6 is 11.6 Å². The van der Waals surface area contributed by atoms with Gasteiger partial charge in [0.05, 0.1) is 10.7 Å². The third kappa shape index (κ3) is 3.11. The maximum absolute atomic E-state index is 12.4. The van der Waals surface area contributed by atoms with Gasteiger partial charge in [0.1, 0.15) is 0 Å². The molecule has 108 valence electrons. The standard InChI is InChI=1S/C14H18ClN3O2/c1-14(4-6-17-7-5-14)13(20)18-11-8-9(12(16)19)2-3-10(11)15/h2-3,8,17H,4-7H2,1H3,(H2,16,19)(H,18,20). The van der Waals surface area contributed by atoms with Crippen molar-refractivity contribution in [3.8, 4) is 0 Å². The first kappa shape index (κ1) is 14.8. The van der Waals surface area contributed by atoms with E-state index in [2.05, 4.69) is 10.6 Å². The average Bonchev–Trinajstić information content (AvgIpc) is 2.41. The third-order valence-electron chi connectivity index (χ3n) is 3.75. The number of carbonyl (C=O) groups is 2. The largest absolute Gasteiger partial charge is 0.366 e. The molecule has 1 aromatic carbocycles. The maximum atomic E-state index is 12.4. The van der Waals surface area contributed by atoms with E-state index >= 15 is 0 Å². The number of benzene rings is 1. The van der Waals surface area contributed by atoms with Crippen LogP contribution in [0.2, 0.25) is 5.02 Å². The van der Waals surface area contributed by atoms with Gasteiger partial charge in [-0.3, -0.25) is 9.59 Å². The molecule has 6 heteroatoms. The molecule has 20 heavy (non-hydrogen) atoms. The van der Waals surface area contributed by atoms with Crippen molar-refractivity contribution in [2.45, 2.75) is 19.8 Å². The molecule has 1 heterocycles. The van der Waals surface area contributed by atoms with Crippen molar-refractivity contribution in [1.82, 2.24) is 5.32 Å². The van der Waals surface area contributed by atoms with E-state index in [-0.39, 0.29) is 5.91 Å². The highest BCUT2D eigenvalue weighted by Crippen LogP contribution is 2.31. The zero-order valence-corrected chi connectivity index (χ0v) is 12.1. The maximum Gasteiger partial charge on any atom is 0.248 e. The number of hydrogen-bond acceptors (Lipinski definition) is 3. The fraction of sp³-hybridized carbons (Fsp3) is 0.429. The zero-order chi connectivity index (χ0) is 14.8. The summed E-state index contributed by atoms with van der Waals surface area (Å²) < 4.78 is 0. The van der Waals surface area contributed by atoms with Crippen LogP contribution in [0.15, 0.2) is 18.2 Å². The van der Waals surface area contributed by atoms with Crippen LogP contribution in [0, 0.1) is 5.41 Å². The van der Waals surface area contributed by atoms with Gasteiger partial charge in [0, 0.05) is 11.0 Å². The Morgan fingerprint density at radius 1 is 1.35 bits per heavy atom. The summed E-state index contributed by atoms with van der Waals surface area (Å²) >= 11 is 6.05. The number of carbonyl (C=O) groups excluding carboxylic acids is 2. The van der Waals surface area contributed by atoms with Crippen molar-refractivity contribution in [2.24, 2.45) is 11.1 Å². The molecule has 0 unspecified atom stereocenters. The summed E-state index contributed by atoms with van der Waals surface area (Å²) in [5.41, 5.74) is 5.55. The minimum atomic E-state index is -0.551. The fourth-order valence-corrected chi connectivity index (χ4v) is 2.42. The van der Waals surface area contributed by atoms with Crippen LogP contribution in [-0.2, 0) is 4.79 Å². The van der Waals surface area contributed by atoms with Gasteiger partial charge in [-0.1, -0.05) is 18.5 Å². The molecule has 0 atom stereocenters. The van der Waals surface area contributed by atoms with Gasteiger partial charge in [-0.2, -0.15) is 0 Å². The normalized spacial score (nSPS) is 17.5. The molecule has 0 aromatic heterocycles. The van der Waals surface area contributed by atoms with E-state index in [0.717, 1.165) is 25.9 Å². The first-order valence-corrected chi connectivity index (χ1v) is 6.92. The number of nitrogens with two attached hydrogens (primary N) is 1. The van der Waals surface area contributed by atoms with Crippen LogP contribution in [0.4, 0.5) is 5.69 Å². The van der Waals surface area contributed by atoms with Gasteiger partial charge in [0.15, 0.2) is 0 Å². The molecule has 4 N–H and O–H groups in total. The van der Waals surface area contributed by atoms with Crippen molar-refractivity contribution in [3.05, 3.63) is 28.8 Å². The summed E-state index contributed by atoms with van der Waals surface area (Å²) in [6.45, 7) is 3.58. The zero-order valence-electron chi connectivity index (χ0n) is 11.3. The van der Waals surface area contributed by atoms with Crippen molar-refractivity contribution >= 4 is 29.1 Å². The molecule has 0 bridgehead atoms. The molecule has 1 aromatic rings. The monoisotopic (exact) mass is 295 g/mol. The molecular formula is C14H18ClN3O2. The first-order valence-electron chi connectivity index (χ1n) is 6.54. The number of halogens is 1. The molecule has 0 aliphatic carbocycles. The topological polar surface area (TPSA) is 84.2 Å². The van der Waals surface area contributed by atoms with Gasteiger partial charge in [-0.15, -0.1) is 0 Å². The Kier molecular flexibility index (Phi) is 4.30. The highest BCUT2D eigenvalue weighted by molar-refractivity contribution is 6.34. The lowest BCUT2D eigenvalue weighted by Crippen LogP contribution is -2.42. The summed E-state index contributed by atoms with van der Waals surface area (Å²) in [5, 5.41) is 6.43. The summed E-state index contributed by atoms with van der Waals surface area (Å²) in [5.74, 6) is -0.632. The number of primary amides is 1. The Balaban J connectivity index is 2.18. The van der Waals surface area contributed by atoms with Crippen molar-refractivity contribution < 1.29 is 9.59 Å². The molecule has 5 nitrogen and oxygen atoms in total. The van der Waals surface area contributed by atoms with Gasteiger partial charge in [-0.25, -0.2) is 0 Å². The van der Waals surface area contributed by atoms with E-state index in [1.807, 2.05) is 6.92 Å². The molecule has 2 rings (SSSR count). The molecule has 1 saturated heterocycles. The predicted molar refractivity (Wildman–Crippen MR) is 78.8 cm³/mol. The second kappa shape index (κ2) is 5.81. The van der Waals surface area contributed by atoms with E-state index in [9.17, 15) is 9.59 Å². The number of anilines is 1. The first-order chi connectivity index (χ1) is 9.42. The molecule has 0 saturated carbocycles. The quantitative estimate of drug-likeness (QED) is 0.794. The SMILES string of the molecule is CC1(C(=O)Nc2cc(C(N)=O)ccc2Cl)CCNCC1. The Hall–Kier alpha value is -1.59. The molecule has 1 aliphatic heterocycles. The highest BCUT2D eigenvalue weighted by Gasteiger charge is 2.34. The number of amides is 2. The van der Waals surface area contributed by atoms with Gasteiger partial charge < -0.3 is 16.4 Å². The average molecular weight is 296 g/mol. The van der Waals surface area contributed by atoms with Crippen LogP contribution in [0.1, 0.15) is 30.1 Å². The van der Waals surface area contributed by atoms with Crippen molar-refractivity contribution in [1.29, 1.82) is 0 Å². The summed E-state index contributed by atoms with van der Waals surface area (Å²) in [4.78, 5) is 23.6. The van der Waals surface area contributed by atoms with Crippen LogP contribution in [0.5, 0.6) is 0 Å². The van der Waals surface area contributed by atoms with Crippen molar-refractivity contribution in [2.75, 3.05) is 18.4 Å². The van der Waals surface area contributed by atoms with E-state index in [1.165, 1.54) is 12.1 Å². The van der Waals surface area contributed by atoms with Crippen molar-refractivity contribution in [3.63, 3.8) is 0 Å². The molecule has 2 amide bonds. The Labute approximate surface area is 122 Å². The minimum Gasteiger partial charge on any atom is -0.366 e. The van der Waals surface area contributed by atoms with Gasteiger partial charge in [0.2, 0.25) is 11.8 Å². The summed E-state index contributed by atoms with van der Waals surface area (Å²) in [7, 11) is 0. The Morgan fingerprint density at radius 3 is 2.60 bits per heavy atom. The Morgan fingerprint density at radius 2 is 2.00 bits per heavy atom. The van der Waals surface area contributed by atoms with Gasteiger partial charge >= 0.3 is 0 Å². The predicted octanol–water partition coefficient (Wildman–Crippen LogP) is 1.77. The molecule has 1 aliphatic rings. The number of nitrogens with one attached hydrogen (secondary N) is 2. The second-order valence-corrected chi connectivity index (χ2v) is 5.73. The van der Waals surface area contributed by atoms with E-state index in [1.54, 1.807) is 6.07 Å². The lowest BCUT2D eigenvalue weighted by Gasteiger charge is -2.32. The number of rotatable bonds is 3. The van der Waals surface area contributed by atoms with Crippen LogP contribution < -0.4 is 16.4 Å². The van der Waals surface area contributed by atoms with Gasteiger partial charge in [-0.05, 0) is 44.1 Å². The Bertz CT molecular complexity index is 539. The van der Waals surface area contributed by atoms with Gasteiger partial charge in [0.25, 0.3) is 0 Å². The molecule has 1 fully saturated rings. The summed E-state index contributed by atoms with van der Waals surface area (Å²) in [6.07, 6.45) is 1.54. The molecule has 0 spiro atoms. The number of piperidine rings is 1. The lowest BCUT2D eigenvalue weighted by molar-refractivity contribution is -0.126. The van der Waals surface area contributed by atoms with E-state index in [4.69, 9.17) is 17.3 Å². The van der Waals surface area contributed by atoms with Crippen LogP contribution in [0.3, 0.4) is 0 Å². The lowest BCUT2D eigenvalue weighted by atomic mass is 9.80. The van der Waals surface area contributed by atoms with Crippen LogP contribution in [0.25, 0.3) is 0 Å².